The first kappa shape index (κ1) is 14.6. The van der Waals surface area contributed by atoms with Crippen molar-refractivity contribution in [2.45, 2.75) is 25.7 Å². The van der Waals surface area contributed by atoms with E-state index in [1.165, 1.54) is 0 Å². The number of nitriles is 1. The predicted molar refractivity (Wildman–Crippen MR) is 83.6 cm³/mol. The summed E-state index contributed by atoms with van der Waals surface area (Å²) in [5.74, 6) is 1.59. The van der Waals surface area contributed by atoms with Crippen molar-refractivity contribution in [1.82, 2.24) is 0 Å². The van der Waals surface area contributed by atoms with E-state index in [9.17, 15) is 10.1 Å². The summed E-state index contributed by atoms with van der Waals surface area (Å²) in [7, 11) is 0. The van der Waals surface area contributed by atoms with Crippen LogP contribution < -0.4 is 15.2 Å². The van der Waals surface area contributed by atoms with Crippen LogP contribution in [-0.4, -0.2) is 12.6 Å². The molecule has 1 aromatic carbocycles. The molecule has 0 fully saturated rings. The summed E-state index contributed by atoms with van der Waals surface area (Å²) in [6.45, 7) is 2.17. The fraction of sp³-hybridized carbons (Fsp3) is 0.333. The van der Waals surface area contributed by atoms with Crippen LogP contribution in [0, 0.1) is 17.2 Å². The standard InChI is InChI=1S/C18H16N2O4/c1-9-4-12(21)17-15(5-9)24-18(20)11(7-19)16(17)10-2-3-13-14(6-10)23-8-22-13/h2-3,6,9,16H,4-5,8,20H2,1H3/t9-,16+/m0/s1. The average Bonchev–Trinajstić information content (AvgIpc) is 3.00. The number of nitrogens with zero attached hydrogens (tertiary/aromatic N) is 1. The smallest absolute Gasteiger partial charge is 0.231 e. The minimum Gasteiger partial charge on any atom is -0.454 e. The van der Waals surface area contributed by atoms with Gasteiger partial charge < -0.3 is 19.9 Å². The zero-order chi connectivity index (χ0) is 16.8. The lowest BCUT2D eigenvalue weighted by molar-refractivity contribution is -0.117. The number of hydrogen-bond donors (Lipinski definition) is 1. The highest BCUT2D eigenvalue weighted by Gasteiger charge is 2.40. The van der Waals surface area contributed by atoms with Gasteiger partial charge in [0.15, 0.2) is 17.3 Å². The van der Waals surface area contributed by atoms with E-state index in [2.05, 4.69) is 6.07 Å². The van der Waals surface area contributed by atoms with Crippen LogP contribution in [-0.2, 0) is 9.53 Å². The highest BCUT2D eigenvalue weighted by Crippen LogP contribution is 2.46. The molecule has 0 spiro atoms. The Morgan fingerprint density at radius 3 is 2.83 bits per heavy atom. The summed E-state index contributed by atoms with van der Waals surface area (Å²) in [5, 5.41) is 9.56. The molecule has 6 heteroatoms. The number of nitrogens with two attached hydrogens (primary N) is 1. The molecule has 0 saturated carbocycles. The molecule has 0 amide bonds. The van der Waals surface area contributed by atoms with Gasteiger partial charge in [0.05, 0.1) is 5.92 Å². The topological polar surface area (TPSA) is 94.6 Å². The predicted octanol–water partition coefficient (Wildman–Crippen LogP) is 2.48. The highest BCUT2D eigenvalue weighted by atomic mass is 16.7. The van der Waals surface area contributed by atoms with Gasteiger partial charge in [-0.2, -0.15) is 5.26 Å². The van der Waals surface area contributed by atoms with Gasteiger partial charge >= 0.3 is 0 Å². The maximum absolute atomic E-state index is 12.7. The molecule has 2 heterocycles. The second-order valence-corrected chi connectivity index (χ2v) is 6.31. The molecule has 4 rings (SSSR count). The van der Waals surface area contributed by atoms with E-state index in [0.29, 0.717) is 35.7 Å². The molecule has 2 N–H and O–H groups in total. The van der Waals surface area contributed by atoms with Crippen molar-refractivity contribution in [3.8, 4) is 17.6 Å². The minimum atomic E-state index is -0.520. The number of benzene rings is 1. The van der Waals surface area contributed by atoms with Gasteiger partial charge in [0.1, 0.15) is 17.4 Å². The SMILES string of the molecule is C[C@H]1CC(=O)C2=C(C1)OC(N)=C(C#N)[C@H]2c1ccc2c(c1)OCO2. The quantitative estimate of drug-likeness (QED) is 0.853. The van der Waals surface area contributed by atoms with E-state index >= 15 is 0 Å². The number of carbonyl (C=O) groups excluding carboxylic acids is 1. The normalized spacial score (nSPS) is 25.2. The summed E-state index contributed by atoms with van der Waals surface area (Å²) < 4.78 is 16.4. The molecule has 6 nitrogen and oxygen atoms in total. The second-order valence-electron chi connectivity index (χ2n) is 6.31. The molecular formula is C18H16N2O4. The molecular weight excluding hydrogens is 308 g/mol. The van der Waals surface area contributed by atoms with Crippen molar-refractivity contribution in [3.63, 3.8) is 0 Å². The van der Waals surface area contributed by atoms with Gasteiger partial charge in [-0.05, 0) is 23.6 Å². The van der Waals surface area contributed by atoms with Gasteiger partial charge in [-0.25, -0.2) is 0 Å². The Kier molecular flexibility index (Phi) is 3.24. The minimum absolute atomic E-state index is 0.00617. The number of fused-ring (bicyclic) bond motifs is 1. The van der Waals surface area contributed by atoms with E-state index < -0.39 is 5.92 Å². The molecule has 0 bridgehead atoms. The van der Waals surface area contributed by atoms with Crippen LogP contribution in [0.1, 0.15) is 31.2 Å². The number of allylic oxidation sites excluding steroid dienone is 3. The zero-order valence-corrected chi connectivity index (χ0v) is 13.2. The molecule has 0 unspecified atom stereocenters. The van der Waals surface area contributed by atoms with Crippen LogP contribution in [0.3, 0.4) is 0 Å². The fourth-order valence-electron chi connectivity index (χ4n) is 3.52. The van der Waals surface area contributed by atoms with E-state index in [1.54, 1.807) is 12.1 Å². The first-order chi connectivity index (χ1) is 11.6. The van der Waals surface area contributed by atoms with Crippen LogP contribution in [0.4, 0.5) is 0 Å². The third-order valence-electron chi connectivity index (χ3n) is 4.59. The fourth-order valence-corrected chi connectivity index (χ4v) is 3.52. The lowest BCUT2D eigenvalue weighted by Gasteiger charge is -2.33. The Morgan fingerprint density at radius 2 is 2.04 bits per heavy atom. The third kappa shape index (κ3) is 2.13. The lowest BCUT2D eigenvalue weighted by atomic mass is 9.75. The number of Topliss-reactive ketones (excluding diaryl/α,β-unsaturated/α-hetero) is 1. The first-order valence-electron chi connectivity index (χ1n) is 7.82. The molecule has 0 radical (unpaired) electrons. The van der Waals surface area contributed by atoms with Crippen molar-refractivity contribution < 1.29 is 19.0 Å². The molecule has 2 atom stereocenters. The zero-order valence-electron chi connectivity index (χ0n) is 13.2. The van der Waals surface area contributed by atoms with Crippen LogP contribution >= 0.6 is 0 Å². The molecule has 3 aliphatic rings. The van der Waals surface area contributed by atoms with E-state index in [0.717, 1.165) is 5.56 Å². The summed E-state index contributed by atoms with van der Waals surface area (Å²) in [6.07, 6.45) is 1.09. The van der Waals surface area contributed by atoms with E-state index in [1.807, 2.05) is 13.0 Å². The van der Waals surface area contributed by atoms with Crippen molar-refractivity contribution in [2.24, 2.45) is 11.7 Å². The summed E-state index contributed by atoms with van der Waals surface area (Å²) >= 11 is 0. The van der Waals surface area contributed by atoms with Gasteiger partial charge in [-0.1, -0.05) is 13.0 Å². The molecule has 1 aromatic rings. The summed E-state index contributed by atoms with van der Waals surface area (Å²) in [6, 6.07) is 7.53. The summed E-state index contributed by atoms with van der Waals surface area (Å²) in [5.41, 5.74) is 7.54. The number of ketones is 1. The Hall–Kier alpha value is -2.94. The molecule has 24 heavy (non-hydrogen) atoms. The van der Waals surface area contributed by atoms with Gasteiger partial charge in [-0.15, -0.1) is 0 Å². The highest BCUT2D eigenvalue weighted by molar-refractivity contribution is 5.99. The molecule has 0 aromatic heterocycles. The number of rotatable bonds is 1. The Labute approximate surface area is 139 Å². The molecule has 122 valence electrons. The van der Waals surface area contributed by atoms with E-state index in [4.69, 9.17) is 19.9 Å². The lowest BCUT2D eigenvalue weighted by Crippen LogP contribution is -2.29. The molecule has 1 aliphatic carbocycles. The van der Waals surface area contributed by atoms with Crippen molar-refractivity contribution in [1.29, 1.82) is 5.26 Å². The second kappa shape index (κ2) is 5.31. The van der Waals surface area contributed by atoms with Crippen LogP contribution in [0.25, 0.3) is 0 Å². The molecule has 0 saturated heterocycles. The van der Waals surface area contributed by atoms with E-state index in [-0.39, 0.29) is 30.0 Å². The van der Waals surface area contributed by atoms with Crippen molar-refractivity contribution in [3.05, 3.63) is 46.6 Å². The van der Waals surface area contributed by atoms with Gasteiger partial charge in [0, 0.05) is 18.4 Å². The Balaban J connectivity index is 1.87. The number of carbonyl (C=O) groups is 1. The summed E-state index contributed by atoms with van der Waals surface area (Å²) in [4.78, 5) is 12.7. The Morgan fingerprint density at radius 1 is 1.25 bits per heavy atom. The maximum Gasteiger partial charge on any atom is 0.231 e. The van der Waals surface area contributed by atoms with Crippen LogP contribution in [0.5, 0.6) is 11.5 Å². The monoisotopic (exact) mass is 324 g/mol. The first-order valence-corrected chi connectivity index (χ1v) is 7.82. The number of hydrogen-bond acceptors (Lipinski definition) is 6. The third-order valence-corrected chi connectivity index (χ3v) is 4.59. The Bertz CT molecular complexity index is 847. The number of ether oxygens (including phenoxy) is 3. The van der Waals surface area contributed by atoms with Crippen molar-refractivity contribution >= 4 is 5.78 Å². The average molecular weight is 324 g/mol. The maximum atomic E-state index is 12.7. The van der Waals surface area contributed by atoms with Crippen LogP contribution in [0.15, 0.2) is 41.0 Å². The molecule has 2 aliphatic heterocycles. The van der Waals surface area contributed by atoms with Crippen molar-refractivity contribution in [2.75, 3.05) is 6.79 Å². The van der Waals surface area contributed by atoms with Gasteiger partial charge in [0.25, 0.3) is 0 Å². The van der Waals surface area contributed by atoms with Gasteiger partial charge in [0.2, 0.25) is 12.7 Å². The van der Waals surface area contributed by atoms with Gasteiger partial charge in [-0.3, -0.25) is 4.79 Å². The largest absolute Gasteiger partial charge is 0.454 e. The van der Waals surface area contributed by atoms with Crippen LogP contribution in [0.2, 0.25) is 0 Å².